The number of carbonyl (C=O) groups is 1. The topological polar surface area (TPSA) is 17.1 Å². The van der Waals surface area contributed by atoms with E-state index in [9.17, 15) is 4.79 Å². The van der Waals surface area contributed by atoms with Crippen LogP contribution in [0.25, 0.3) is 0 Å². The second kappa shape index (κ2) is 10.5. The maximum atomic E-state index is 11.9. The highest BCUT2D eigenvalue weighted by Gasteiger charge is 2.16. The average Bonchev–Trinajstić information content (AvgIpc) is 2.52. The van der Waals surface area contributed by atoms with Gasteiger partial charge >= 0.3 is 0 Å². The van der Waals surface area contributed by atoms with Gasteiger partial charge in [-0.3, -0.25) is 4.79 Å². The van der Waals surface area contributed by atoms with Crippen molar-refractivity contribution in [2.45, 2.75) is 34.1 Å². The van der Waals surface area contributed by atoms with Gasteiger partial charge in [0.2, 0.25) is 0 Å². The number of allylic oxidation sites excluding steroid dienone is 4. The number of ketones is 1. The molecule has 0 saturated heterocycles. The van der Waals surface area contributed by atoms with E-state index in [0.29, 0.717) is 0 Å². The van der Waals surface area contributed by atoms with Crippen molar-refractivity contribution in [2.75, 3.05) is 0 Å². The molecule has 98 valence electrons. The zero-order chi connectivity index (χ0) is 13.8. The van der Waals surface area contributed by atoms with Crippen molar-refractivity contribution >= 4 is 5.78 Å². The lowest BCUT2D eigenvalue weighted by Crippen LogP contribution is -2.12. The molecule has 1 unspecified atom stereocenters. The molecule has 0 radical (unpaired) electrons. The Morgan fingerprint density at radius 3 is 2.11 bits per heavy atom. The lowest BCUT2D eigenvalue weighted by molar-refractivity contribution is 0.0945. The van der Waals surface area contributed by atoms with Gasteiger partial charge in [-0.05, 0) is 6.42 Å². The summed E-state index contributed by atoms with van der Waals surface area (Å²) in [5, 5.41) is 0. The van der Waals surface area contributed by atoms with Crippen LogP contribution in [0.4, 0.5) is 0 Å². The van der Waals surface area contributed by atoms with Crippen LogP contribution in [0.15, 0.2) is 54.6 Å². The van der Waals surface area contributed by atoms with Crippen LogP contribution >= 0.6 is 0 Å². The third-order valence-corrected chi connectivity index (χ3v) is 2.38. The van der Waals surface area contributed by atoms with Crippen LogP contribution in [0.2, 0.25) is 0 Å². The van der Waals surface area contributed by atoms with Gasteiger partial charge in [0.05, 0.1) is 0 Å². The van der Waals surface area contributed by atoms with Crippen LogP contribution in [0, 0.1) is 5.92 Å². The molecule has 1 aliphatic rings. The van der Waals surface area contributed by atoms with Gasteiger partial charge in [0.15, 0.2) is 5.78 Å². The van der Waals surface area contributed by atoms with Crippen molar-refractivity contribution < 1.29 is 4.79 Å². The molecule has 1 nitrogen and oxygen atoms in total. The summed E-state index contributed by atoms with van der Waals surface area (Å²) in [6.07, 6.45) is 8.74. The normalized spacial score (nSPS) is 15.9. The SMILES string of the molecule is CC.CC.O=C(c1ccccc1)C1C=CC=CC1. The lowest BCUT2D eigenvalue weighted by Gasteiger charge is -2.11. The maximum Gasteiger partial charge on any atom is 0.170 e. The average molecular weight is 244 g/mol. The zero-order valence-corrected chi connectivity index (χ0v) is 11.9. The summed E-state index contributed by atoms with van der Waals surface area (Å²) in [5.74, 6) is 0.244. The fourth-order valence-electron chi connectivity index (χ4n) is 1.59. The fraction of sp³-hybridized carbons (Fsp3) is 0.353. The number of rotatable bonds is 2. The monoisotopic (exact) mass is 244 g/mol. The third kappa shape index (κ3) is 5.13. The van der Waals surface area contributed by atoms with E-state index in [1.165, 1.54) is 0 Å². The lowest BCUT2D eigenvalue weighted by atomic mass is 9.92. The van der Waals surface area contributed by atoms with E-state index in [4.69, 9.17) is 0 Å². The number of carbonyl (C=O) groups excluding carboxylic acids is 1. The first-order valence-electron chi connectivity index (χ1n) is 6.80. The van der Waals surface area contributed by atoms with E-state index < -0.39 is 0 Å². The minimum atomic E-state index is 0.0300. The second-order valence-electron chi connectivity index (χ2n) is 3.39. The van der Waals surface area contributed by atoms with Gasteiger partial charge in [-0.25, -0.2) is 0 Å². The molecule has 1 heteroatoms. The zero-order valence-electron chi connectivity index (χ0n) is 11.9. The van der Waals surface area contributed by atoms with E-state index in [2.05, 4.69) is 0 Å². The summed E-state index contributed by atoms with van der Waals surface area (Å²) < 4.78 is 0. The Bertz CT molecular complexity index is 374. The highest BCUT2D eigenvalue weighted by Crippen LogP contribution is 2.17. The number of hydrogen-bond donors (Lipinski definition) is 0. The Morgan fingerprint density at radius 2 is 1.61 bits per heavy atom. The molecule has 0 aliphatic heterocycles. The Kier molecular flexibility index (Phi) is 9.57. The summed E-state index contributed by atoms with van der Waals surface area (Å²) in [6.45, 7) is 8.00. The number of benzene rings is 1. The Labute approximate surface area is 111 Å². The first-order valence-corrected chi connectivity index (χ1v) is 6.80. The van der Waals surface area contributed by atoms with Gasteiger partial charge in [0.25, 0.3) is 0 Å². The van der Waals surface area contributed by atoms with E-state index in [1.807, 2.05) is 82.3 Å². The highest BCUT2D eigenvalue weighted by molar-refractivity contribution is 5.99. The predicted molar refractivity (Wildman–Crippen MR) is 79.9 cm³/mol. The first kappa shape index (κ1) is 16.4. The van der Waals surface area contributed by atoms with E-state index in [-0.39, 0.29) is 11.7 Å². The summed E-state index contributed by atoms with van der Waals surface area (Å²) in [7, 11) is 0. The van der Waals surface area contributed by atoms with Crippen molar-refractivity contribution in [1.29, 1.82) is 0 Å². The van der Waals surface area contributed by atoms with Crippen molar-refractivity contribution in [3.63, 3.8) is 0 Å². The molecule has 0 spiro atoms. The fourth-order valence-corrected chi connectivity index (χ4v) is 1.59. The van der Waals surface area contributed by atoms with Crippen LogP contribution < -0.4 is 0 Å². The molecule has 1 aromatic rings. The van der Waals surface area contributed by atoms with Gasteiger partial charge < -0.3 is 0 Å². The molecule has 2 rings (SSSR count). The van der Waals surface area contributed by atoms with E-state index >= 15 is 0 Å². The van der Waals surface area contributed by atoms with Crippen molar-refractivity contribution in [3.05, 3.63) is 60.2 Å². The smallest absolute Gasteiger partial charge is 0.170 e. The predicted octanol–water partition coefficient (Wildman–Crippen LogP) is 5.05. The van der Waals surface area contributed by atoms with Crippen LogP contribution in [0.3, 0.4) is 0 Å². The van der Waals surface area contributed by atoms with Crippen LogP contribution in [-0.2, 0) is 0 Å². The molecule has 0 fully saturated rings. The minimum Gasteiger partial charge on any atom is -0.294 e. The first-order chi connectivity index (χ1) is 8.88. The van der Waals surface area contributed by atoms with Crippen molar-refractivity contribution in [1.82, 2.24) is 0 Å². The summed E-state index contributed by atoms with van der Waals surface area (Å²) in [4.78, 5) is 11.9. The molecular formula is C17H24O. The minimum absolute atomic E-state index is 0.0300. The number of Topliss-reactive ketones (excluding diaryl/α,β-unsaturated/α-hetero) is 1. The van der Waals surface area contributed by atoms with Crippen molar-refractivity contribution in [3.8, 4) is 0 Å². The molecule has 1 aliphatic carbocycles. The quantitative estimate of drug-likeness (QED) is 0.665. The van der Waals surface area contributed by atoms with Gasteiger partial charge in [0.1, 0.15) is 0 Å². The second-order valence-corrected chi connectivity index (χ2v) is 3.39. The molecule has 0 aromatic heterocycles. The number of hydrogen-bond acceptors (Lipinski definition) is 1. The largest absolute Gasteiger partial charge is 0.294 e. The highest BCUT2D eigenvalue weighted by atomic mass is 16.1. The summed E-state index contributed by atoms with van der Waals surface area (Å²) in [6, 6.07) is 9.46. The third-order valence-electron chi connectivity index (χ3n) is 2.38. The molecule has 0 saturated carbocycles. The Hall–Kier alpha value is -1.63. The van der Waals surface area contributed by atoms with Gasteiger partial charge in [-0.2, -0.15) is 0 Å². The molecule has 0 N–H and O–H groups in total. The van der Waals surface area contributed by atoms with E-state index in [0.717, 1.165) is 12.0 Å². The molecule has 18 heavy (non-hydrogen) atoms. The van der Waals surface area contributed by atoms with Gasteiger partial charge in [0, 0.05) is 11.5 Å². The summed E-state index contributed by atoms with van der Waals surface area (Å²) >= 11 is 0. The summed E-state index contributed by atoms with van der Waals surface area (Å²) in [5.41, 5.74) is 0.803. The van der Waals surface area contributed by atoms with Crippen molar-refractivity contribution in [2.24, 2.45) is 5.92 Å². The van der Waals surface area contributed by atoms with Crippen LogP contribution in [0.5, 0.6) is 0 Å². The molecule has 0 bridgehead atoms. The Morgan fingerprint density at radius 1 is 1.00 bits per heavy atom. The molecular weight excluding hydrogens is 220 g/mol. The molecule has 1 atom stereocenters. The van der Waals surface area contributed by atoms with Crippen LogP contribution in [-0.4, -0.2) is 5.78 Å². The van der Waals surface area contributed by atoms with Gasteiger partial charge in [-0.15, -0.1) is 0 Å². The molecule has 0 heterocycles. The maximum absolute atomic E-state index is 11.9. The van der Waals surface area contributed by atoms with Crippen LogP contribution in [0.1, 0.15) is 44.5 Å². The van der Waals surface area contributed by atoms with Gasteiger partial charge in [-0.1, -0.05) is 82.3 Å². The Balaban J connectivity index is 0.000000659. The molecule has 1 aromatic carbocycles. The van der Waals surface area contributed by atoms with E-state index in [1.54, 1.807) is 0 Å². The molecule has 0 amide bonds. The standard InChI is InChI=1S/C13H12O.2C2H6/c14-13(11-7-3-1-4-8-11)12-9-5-2-6-10-12;2*1-2/h1-9,12H,10H2;2*1-2H3.